The fraction of sp³-hybridized carbons (Fsp3) is 0.773. The van der Waals surface area contributed by atoms with Crippen LogP contribution < -0.4 is 20.4 Å². The summed E-state index contributed by atoms with van der Waals surface area (Å²) in [5.74, 6) is 3.41. The van der Waals surface area contributed by atoms with Gasteiger partial charge in [-0.2, -0.15) is 9.97 Å². The molecule has 2 N–H and O–H groups in total. The highest BCUT2D eigenvalue weighted by atomic mass is 32.1. The molecule has 1 aliphatic carbocycles. The van der Waals surface area contributed by atoms with E-state index in [0.29, 0.717) is 23.0 Å². The lowest BCUT2D eigenvalue weighted by molar-refractivity contribution is 0.444. The van der Waals surface area contributed by atoms with Crippen LogP contribution in [0.3, 0.4) is 0 Å². The van der Waals surface area contributed by atoms with Gasteiger partial charge in [-0.25, -0.2) is 0 Å². The van der Waals surface area contributed by atoms with Crippen LogP contribution in [0.5, 0.6) is 0 Å². The Morgan fingerprint density at radius 1 is 0.897 bits per heavy atom. The van der Waals surface area contributed by atoms with Crippen molar-refractivity contribution >= 4 is 34.9 Å². The molecule has 2 aliphatic heterocycles. The van der Waals surface area contributed by atoms with Crippen molar-refractivity contribution in [3.05, 3.63) is 6.07 Å². The Morgan fingerprint density at radius 3 is 2.24 bits per heavy atom. The summed E-state index contributed by atoms with van der Waals surface area (Å²) in [6.45, 7) is 6.64. The predicted octanol–water partition coefficient (Wildman–Crippen LogP) is 4.32. The van der Waals surface area contributed by atoms with Gasteiger partial charge in [0.15, 0.2) is 5.11 Å². The minimum atomic E-state index is 0.474. The molecule has 0 unspecified atom stereocenters. The Labute approximate surface area is 180 Å². The average Bonchev–Trinajstić information content (AvgIpc) is 3.13. The zero-order valence-electron chi connectivity index (χ0n) is 17.8. The maximum atomic E-state index is 5.63. The summed E-state index contributed by atoms with van der Waals surface area (Å²) in [5.41, 5.74) is 0. The summed E-state index contributed by atoms with van der Waals surface area (Å²) >= 11 is 5.63. The first-order valence-electron chi connectivity index (χ1n) is 11.6. The summed E-state index contributed by atoms with van der Waals surface area (Å²) in [5, 5.41) is 7.49. The van der Waals surface area contributed by atoms with Crippen LogP contribution in [0.25, 0.3) is 0 Å². The molecule has 1 atom stereocenters. The van der Waals surface area contributed by atoms with E-state index in [-0.39, 0.29) is 0 Å². The minimum absolute atomic E-state index is 0.474. The number of hydrogen-bond acceptors (Lipinski definition) is 5. The highest BCUT2D eigenvalue weighted by Gasteiger charge is 2.22. The van der Waals surface area contributed by atoms with Gasteiger partial charge in [0.2, 0.25) is 5.95 Å². The van der Waals surface area contributed by atoms with Crippen molar-refractivity contribution in [2.45, 2.75) is 77.2 Å². The van der Waals surface area contributed by atoms with E-state index in [4.69, 9.17) is 22.2 Å². The molecule has 0 bridgehead atoms. The van der Waals surface area contributed by atoms with E-state index in [0.717, 1.165) is 37.8 Å². The first-order valence-corrected chi connectivity index (χ1v) is 12.0. The zero-order valence-corrected chi connectivity index (χ0v) is 18.6. The van der Waals surface area contributed by atoms with Crippen molar-refractivity contribution in [1.29, 1.82) is 0 Å². The molecule has 4 rings (SSSR count). The Hall–Kier alpha value is -1.63. The summed E-state index contributed by atoms with van der Waals surface area (Å²) in [6, 6.07) is 2.65. The first-order chi connectivity index (χ1) is 14.2. The second kappa shape index (κ2) is 9.92. The molecular weight excluding hydrogens is 380 g/mol. The van der Waals surface area contributed by atoms with Gasteiger partial charge < -0.3 is 20.4 Å². The Morgan fingerprint density at radius 2 is 1.55 bits per heavy atom. The van der Waals surface area contributed by atoms with Crippen LogP contribution in [0, 0.1) is 5.92 Å². The van der Waals surface area contributed by atoms with Gasteiger partial charge in [-0.05, 0) is 56.7 Å². The normalized spacial score (nSPS) is 23.7. The Balaban J connectivity index is 1.49. The second-order valence-corrected chi connectivity index (χ2v) is 9.49. The van der Waals surface area contributed by atoms with Gasteiger partial charge in [-0.15, -0.1) is 0 Å². The van der Waals surface area contributed by atoms with E-state index in [1.807, 2.05) is 0 Å². The molecular formula is C22H36N6S. The standard InChI is InChI=1S/C22H36N6S/c1-17-9-8-14-28(16-17)20-15-19(27-12-6-7-13-27)24-21(25-20)26-22(29)23-18-10-4-2-3-5-11-18/h15,17-18H,2-14,16H2,1H3,(H2,23,24,25,26,29)/t17-/m1/s1. The molecule has 2 saturated heterocycles. The second-order valence-electron chi connectivity index (χ2n) is 9.08. The quantitative estimate of drug-likeness (QED) is 0.560. The van der Waals surface area contributed by atoms with Crippen LogP contribution in [0.2, 0.25) is 0 Å². The summed E-state index contributed by atoms with van der Waals surface area (Å²) in [6.07, 6.45) is 12.7. The third kappa shape index (κ3) is 5.71. The molecule has 1 aromatic rings. The van der Waals surface area contributed by atoms with Gasteiger partial charge >= 0.3 is 0 Å². The highest BCUT2D eigenvalue weighted by molar-refractivity contribution is 7.80. The molecule has 0 spiro atoms. The van der Waals surface area contributed by atoms with E-state index < -0.39 is 0 Å². The largest absolute Gasteiger partial charge is 0.360 e. The summed E-state index contributed by atoms with van der Waals surface area (Å²) < 4.78 is 0. The van der Waals surface area contributed by atoms with E-state index in [2.05, 4.69) is 33.4 Å². The number of nitrogens with one attached hydrogen (secondary N) is 2. The topological polar surface area (TPSA) is 56.3 Å². The van der Waals surface area contributed by atoms with Crippen LogP contribution in [0.4, 0.5) is 17.6 Å². The van der Waals surface area contributed by atoms with E-state index in [1.165, 1.54) is 64.2 Å². The Kier molecular flexibility index (Phi) is 7.06. The van der Waals surface area contributed by atoms with Gasteiger partial charge in [-0.3, -0.25) is 0 Å². The molecule has 3 fully saturated rings. The first kappa shape index (κ1) is 20.6. The van der Waals surface area contributed by atoms with Gasteiger partial charge in [0, 0.05) is 38.3 Å². The lowest BCUT2D eigenvalue weighted by Gasteiger charge is -2.32. The lowest BCUT2D eigenvalue weighted by Crippen LogP contribution is -2.38. The van der Waals surface area contributed by atoms with Crippen LogP contribution in [0.1, 0.15) is 71.1 Å². The van der Waals surface area contributed by atoms with Crippen LogP contribution in [-0.2, 0) is 0 Å². The lowest BCUT2D eigenvalue weighted by atomic mass is 10.0. The SMILES string of the molecule is C[C@@H]1CCCN(c2cc(N3CCCC3)nc(NC(=S)NC3CCCCCC3)n2)C1. The van der Waals surface area contributed by atoms with Gasteiger partial charge in [0.05, 0.1) is 0 Å². The van der Waals surface area contributed by atoms with Crippen molar-refractivity contribution in [2.24, 2.45) is 5.92 Å². The van der Waals surface area contributed by atoms with E-state index in [1.54, 1.807) is 0 Å². The van der Waals surface area contributed by atoms with Crippen molar-refractivity contribution in [3.63, 3.8) is 0 Å². The average molecular weight is 417 g/mol. The molecule has 160 valence electrons. The molecule has 3 aliphatic rings. The number of nitrogens with zero attached hydrogens (tertiary/aromatic N) is 4. The molecule has 1 aromatic heterocycles. The number of rotatable bonds is 4. The fourth-order valence-electron chi connectivity index (χ4n) is 4.89. The van der Waals surface area contributed by atoms with Crippen molar-refractivity contribution in [3.8, 4) is 0 Å². The number of aromatic nitrogens is 2. The van der Waals surface area contributed by atoms with E-state index >= 15 is 0 Å². The van der Waals surface area contributed by atoms with Gasteiger partial charge in [-0.1, -0.05) is 32.6 Å². The molecule has 29 heavy (non-hydrogen) atoms. The highest BCUT2D eigenvalue weighted by Crippen LogP contribution is 2.27. The van der Waals surface area contributed by atoms with Crippen LogP contribution in [0.15, 0.2) is 6.07 Å². The number of hydrogen-bond donors (Lipinski definition) is 2. The zero-order chi connectivity index (χ0) is 20.1. The fourth-order valence-corrected chi connectivity index (χ4v) is 5.15. The van der Waals surface area contributed by atoms with Crippen molar-refractivity contribution < 1.29 is 0 Å². The van der Waals surface area contributed by atoms with Gasteiger partial charge in [0.1, 0.15) is 11.6 Å². The Bertz CT molecular complexity index is 682. The molecule has 0 amide bonds. The predicted molar refractivity (Wildman–Crippen MR) is 125 cm³/mol. The number of anilines is 3. The maximum Gasteiger partial charge on any atom is 0.232 e. The van der Waals surface area contributed by atoms with Gasteiger partial charge in [0.25, 0.3) is 0 Å². The van der Waals surface area contributed by atoms with E-state index in [9.17, 15) is 0 Å². The maximum absolute atomic E-state index is 5.63. The molecule has 6 nitrogen and oxygen atoms in total. The van der Waals surface area contributed by atoms with Crippen LogP contribution >= 0.6 is 12.2 Å². The number of piperidine rings is 1. The van der Waals surface area contributed by atoms with Crippen molar-refractivity contribution in [2.75, 3.05) is 41.3 Å². The smallest absolute Gasteiger partial charge is 0.232 e. The van der Waals surface area contributed by atoms with Crippen molar-refractivity contribution in [1.82, 2.24) is 15.3 Å². The molecule has 3 heterocycles. The minimum Gasteiger partial charge on any atom is -0.360 e. The third-order valence-electron chi connectivity index (χ3n) is 6.53. The molecule has 1 saturated carbocycles. The summed E-state index contributed by atoms with van der Waals surface area (Å²) in [7, 11) is 0. The molecule has 0 radical (unpaired) electrons. The van der Waals surface area contributed by atoms with Crippen LogP contribution in [-0.4, -0.2) is 47.3 Å². The number of thiocarbonyl (C=S) groups is 1. The monoisotopic (exact) mass is 416 g/mol. The molecule has 0 aromatic carbocycles. The molecule has 7 heteroatoms. The summed E-state index contributed by atoms with van der Waals surface area (Å²) in [4.78, 5) is 14.5. The third-order valence-corrected chi connectivity index (χ3v) is 6.75.